The summed E-state index contributed by atoms with van der Waals surface area (Å²) in [6, 6.07) is 160. The van der Waals surface area contributed by atoms with Gasteiger partial charge in [0, 0.05) is 64.3 Å². The smallest absolute Gasteiger partial charge is 0.164 e. The summed E-state index contributed by atoms with van der Waals surface area (Å²) in [5.74, 6) is 3.85. The lowest BCUT2D eigenvalue weighted by Gasteiger charge is -2.34. The van der Waals surface area contributed by atoms with Gasteiger partial charge >= 0.3 is 0 Å². The molecule has 0 radical (unpaired) electrons. The SMILES string of the molecule is c1ccc(-c2cccc(-c3cccc(C4(c5ccc6c(c5)oc5ccc(-c7nc(-c8ccccc8)nc(-c8ccccc8)n7)cc56)c5ccccc5-c5ccccc54)c3)c2)cc1.c1ccc(-c2cccc(-c3cccc(C4(c5ccc6c(c5)sc5cc(-c7nc(-c8ccccc8)nc(-c8ccccc8)n7)ccc56)c5ccccc5-c5ccccc54)c3)c2)cc1. The van der Waals surface area contributed by atoms with Crippen LogP contribution in [0.4, 0.5) is 0 Å². The first-order valence-electron chi connectivity index (χ1n) is 42.0. The van der Waals surface area contributed by atoms with Gasteiger partial charge in [-0.25, -0.2) is 29.9 Å². The summed E-state index contributed by atoms with van der Waals surface area (Å²) < 4.78 is 9.22. The maximum absolute atomic E-state index is 6.78. The standard InChI is InChI=1S/C58H37N3O.C58H37N3S/c1-4-16-38(17-5-1)41-22-14-23-42(34-41)43-24-15-25-45(35-43)58(51-28-12-10-26-47(51)48-27-11-13-29-52(48)58)46-31-32-49-50-36-44(30-33-53(50)62-54(49)37-46)57-60-55(39-18-6-2-7-19-39)59-56(61-57)40-20-8-3-9-21-40;1-4-16-38(17-5-1)41-22-14-23-42(34-41)43-24-15-25-45(35-43)58(51-28-12-10-26-47(51)48-27-11-13-29-52(48)58)46-31-33-50-49-32-30-44(36-53(49)62-54(50)37-46)57-60-55(39-18-6-2-7-19-39)59-56(61-57)40-20-8-3-9-21-40/h2*1-37H. The van der Waals surface area contributed by atoms with Gasteiger partial charge in [0.05, 0.1) is 10.8 Å². The van der Waals surface area contributed by atoms with Gasteiger partial charge in [-0.3, -0.25) is 0 Å². The molecule has 2 aliphatic rings. The third kappa shape index (κ3) is 12.6. The zero-order valence-corrected chi connectivity index (χ0v) is 68.0. The number of benzene rings is 18. The van der Waals surface area contributed by atoms with E-state index < -0.39 is 10.8 Å². The minimum Gasteiger partial charge on any atom is -0.456 e. The fraction of sp³-hybridized carbons (Fsp3) is 0.0172. The number of thiophene rings is 1. The van der Waals surface area contributed by atoms with Gasteiger partial charge in [-0.15, -0.1) is 11.3 Å². The van der Waals surface area contributed by atoms with Crippen molar-refractivity contribution in [2.75, 3.05) is 0 Å². The van der Waals surface area contributed by atoms with Crippen LogP contribution < -0.4 is 0 Å². The topological polar surface area (TPSA) is 90.5 Å². The lowest BCUT2D eigenvalue weighted by molar-refractivity contribution is 0.665. The molecule has 580 valence electrons. The minimum absolute atomic E-state index is 0.539. The molecule has 4 heterocycles. The van der Waals surface area contributed by atoms with E-state index in [2.05, 4.69) is 315 Å². The Kier molecular flexibility index (Phi) is 18.1. The van der Waals surface area contributed by atoms with Gasteiger partial charge < -0.3 is 4.42 Å². The van der Waals surface area contributed by atoms with E-state index in [1.54, 1.807) is 0 Å². The highest BCUT2D eigenvalue weighted by molar-refractivity contribution is 7.25. The van der Waals surface area contributed by atoms with E-state index in [0.29, 0.717) is 34.9 Å². The minimum atomic E-state index is -0.606. The molecule has 0 bridgehead atoms. The van der Waals surface area contributed by atoms with Gasteiger partial charge in [0.2, 0.25) is 0 Å². The van der Waals surface area contributed by atoms with Crippen LogP contribution in [0.5, 0.6) is 0 Å². The van der Waals surface area contributed by atoms with Crippen molar-refractivity contribution in [1.82, 2.24) is 29.9 Å². The molecular weight excluding hydrogens is 1530 g/mol. The Morgan fingerprint density at radius 2 is 0.452 bits per heavy atom. The number of fused-ring (bicyclic) bond motifs is 12. The molecule has 8 heteroatoms. The first-order valence-corrected chi connectivity index (χ1v) is 42.8. The Morgan fingerprint density at radius 1 is 0.169 bits per heavy atom. The van der Waals surface area contributed by atoms with Crippen LogP contribution in [0.3, 0.4) is 0 Å². The Bertz CT molecular complexity index is 7430. The van der Waals surface area contributed by atoms with Gasteiger partial charge in [0.1, 0.15) is 11.2 Å². The first-order chi connectivity index (χ1) is 61.4. The van der Waals surface area contributed by atoms with Gasteiger partial charge in [-0.1, -0.05) is 388 Å². The molecule has 4 aromatic heterocycles. The zero-order chi connectivity index (χ0) is 82.1. The number of hydrogen-bond donors (Lipinski definition) is 0. The number of hydrogen-bond acceptors (Lipinski definition) is 8. The quantitative estimate of drug-likeness (QED) is 0.107. The number of rotatable bonds is 14. The molecule has 0 unspecified atom stereocenters. The molecule has 0 saturated carbocycles. The van der Waals surface area contributed by atoms with Gasteiger partial charge in [-0.2, -0.15) is 0 Å². The molecule has 124 heavy (non-hydrogen) atoms. The molecule has 2 aliphatic carbocycles. The number of furan rings is 1. The van der Waals surface area contributed by atoms with Crippen LogP contribution in [0, 0.1) is 0 Å². The average Bonchev–Trinajstić information content (AvgIpc) is 1.53. The van der Waals surface area contributed by atoms with Crippen LogP contribution in [0.1, 0.15) is 44.5 Å². The van der Waals surface area contributed by atoms with Crippen LogP contribution in [0.2, 0.25) is 0 Å². The molecule has 0 fully saturated rings. The van der Waals surface area contributed by atoms with Crippen molar-refractivity contribution >= 4 is 53.4 Å². The summed E-state index contributed by atoms with van der Waals surface area (Å²) in [5.41, 5.74) is 30.7. The maximum Gasteiger partial charge on any atom is 0.164 e. The van der Waals surface area contributed by atoms with Crippen molar-refractivity contribution in [3.05, 3.63) is 493 Å². The maximum atomic E-state index is 6.78. The molecule has 0 saturated heterocycles. The van der Waals surface area contributed by atoms with Crippen LogP contribution in [-0.2, 0) is 10.8 Å². The molecule has 24 rings (SSSR count). The fourth-order valence-corrected chi connectivity index (χ4v) is 20.3. The predicted molar refractivity (Wildman–Crippen MR) is 509 cm³/mol. The highest BCUT2D eigenvalue weighted by Gasteiger charge is 2.48. The van der Waals surface area contributed by atoms with Crippen LogP contribution >= 0.6 is 11.3 Å². The Morgan fingerprint density at radius 3 is 0.855 bits per heavy atom. The molecule has 0 spiro atoms. The molecular formula is C116H74N6OS. The second-order valence-electron chi connectivity index (χ2n) is 31.9. The summed E-state index contributed by atoms with van der Waals surface area (Å²) in [5, 5.41) is 4.51. The lowest BCUT2D eigenvalue weighted by atomic mass is 9.67. The monoisotopic (exact) mass is 1600 g/mol. The molecule has 7 nitrogen and oxygen atoms in total. The van der Waals surface area contributed by atoms with Crippen molar-refractivity contribution in [1.29, 1.82) is 0 Å². The molecule has 22 aromatic rings. The third-order valence-electron chi connectivity index (χ3n) is 24.8. The molecule has 0 aliphatic heterocycles. The van der Waals surface area contributed by atoms with Crippen molar-refractivity contribution in [2.24, 2.45) is 0 Å². The Balaban J connectivity index is 0.000000143. The van der Waals surface area contributed by atoms with E-state index >= 15 is 0 Å². The molecule has 0 N–H and O–H groups in total. The lowest BCUT2D eigenvalue weighted by Crippen LogP contribution is -2.28. The Labute approximate surface area is 722 Å². The fourth-order valence-electron chi connectivity index (χ4n) is 19.1. The highest BCUT2D eigenvalue weighted by Crippen LogP contribution is 2.59. The predicted octanol–water partition coefficient (Wildman–Crippen LogP) is 29.4. The second-order valence-corrected chi connectivity index (χ2v) is 32.9. The van der Waals surface area contributed by atoms with Crippen molar-refractivity contribution in [3.8, 4) is 135 Å². The van der Waals surface area contributed by atoms with Crippen molar-refractivity contribution in [3.63, 3.8) is 0 Å². The van der Waals surface area contributed by atoms with Crippen LogP contribution in [0.15, 0.2) is 453 Å². The molecule has 18 aromatic carbocycles. The van der Waals surface area contributed by atoms with Crippen molar-refractivity contribution in [2.45, 2.75) is 10.8 Å². The Hall–Kier alpha value is -16.0. The van der Waals surface area contributed by atoms with E-state index in [9.17, 15) is 0 Å². The summed E-state index contributed by atoms with van der Waals surface area (Å²) >= 11 is 1.83. The summed E-state index contributed by atoms with van der Waals surface area (Å²) in [4.78, 5) is 30.0. The summed E-state index contributed by atoms with van der Waals surface area (Å²) in [7, 11) is 0. The van der Waals surface area contributed by atoms with Gasteiger partial charge in [0.15, 0.2) is 34.9 Å². The summed E-state index contributed by atoms with van der Waals surface area (Å²) in [6.45, 7) is 0. The van der Waals surface area contributed by atoms with Gasteiger partial charge in [0.25, 0.3) is 0 Å². The average molecular weight is 1600 g/mol. The second kappa shape index (κ2) is 30.7. The van der Waals surface area contributed by atoms with Crippen LogP contribution in [-0.4, -0.2) is 29.9 Å². The highest BCUT2D eigenvalue weighted by atomic mass is 32.1. The third-order valence-corrected chi connectivity index (χ3v) is 25.9. The molecule has 0 atom stereocenters. The van der Waals surface area contributed by atoms with Crippen molar-refractivity contribution < 1.29 is 4.42 Å². The first kappa shape index (κ1) is 73.2. The molecule has 0 amide bonds. The van der Waals surface area contributed by atoms with E-state index in [0.717, 1.165) is 60.9 Å². The van der Waals surface area contributed by atoms with E-state index in [-0.39, 0.29) is 0 Å². The largest absolute Gasteiger partial charge is 0.456 e. The van der Waals surface area contributed by atoms with Gasteiger partial charge in [-0.05, 0) is 172 Å². The number of aromatic nitrogens is 6. The van der Waals surface area contributed by atoms with E-state index in [1.807, 2.05) is 145 Å². The summed E-state index contributed by atoms with van der Waals surface area (Å²) in [6.07, 6.45) is 0. The van der Waals surface area contributed by atoms with Crippen LogP contribution in [0.25, 0.3) is 177 Å². The normalized spacial score (nSPS) is 12.6. The van der Waals surface area contributed by atoms with E-state index in [4.69, 9.17) is 34.3 Å². The van der Waals surface area contributed by atoms with E-state index in [1.165, 1.54) is 126 Å². The zero-order valence-electron chi connectivity index (χ0n) is 67.2. The number of nitrogens with zero attached hydrogens (tertiary/aromatic N) is 6.